The molecular weight excluding hydrogens is 226 g/mol. The first-order valence-corrected chi connectivity index (χ1v) is 7.17. The van der Waals surface area contributed by atoms with Gasteiger partial charge in [0.25, 0.3) is 0 Å². The molecule has 0 aliphatic carbocycles. The fourth-order valence-corrected chi connectivity index (χ4v) is 4.14. The van der Waals surface area contributed by atoms with Crippen molar-refractivity contribution >= 4 is 9.84 Å². The lowest BCUT2D eigenvalue weighted by molar-refractivity contribution is 0.393. The van der Waals surface area contributed by atoms with Crippen LogP contribution in [0, 0.1) is 6.92 Å². The summed E-state index contributed by atoms with van der Waals surface area (Å²) in [5.74, 6) is 1.40. The van der Waals surface area contributed by atoms with Gasteiger partial charge in [0.15, 0.2) is 9.84 Å². The molecule has 0 saturated carbocycles. The molecule has 16 heavy (non-hydrogen) atoms. The molecule has 0 spiro atoms. The minimum Gasteiger partial charge on any atom is -0.345 e. The zero-order valence-electron chi connectivity index (χ0n) is 9.58. The maximum absolute atomic E-state index is 11.4. The third kappa shape index (κ3) is 2.62. The van der Waals surface area contributed by atoms with Crippen molar-refractivity contribution in [2.75, 3.05) is 11.5 Å². The average molecular weight is 243 g/mol. The van der Waals surface area contributed by atoms with Crippen molar-refractivity contribution in [3.8, 4) is 0 Å². The minimum atomic E-state index is -2.84. The van der Waals surface area contributed by atoms with Gasteiger partial charge < -0.3 is 10.3 Å². The summed E-state index contributed by atoms with van der Waals surface area (Å²) >= 11 is 0. The SMILES string of the molecule is Cc1ncc(CNC2(C)CCS(=O)(=O)C2)[nH]1. The van der Waals surface area contributed by atoms with Gasteiger partial charge in [-0.15, -0.1) is 0 Å². The molecule has 0 aromatic carbocycles. The molecule has 6 heteroatoms. The molecular formula is C10H17N3O2S. The van der Waals surface area contributed by atoms with Crippen LogP contribution in [0.2, 0.25) is 0 Å². The third-order valence-corrected chi connectivity index (χ3v) is 4.87. The van der Waals surface area contributed by atoms with Crippen LogP contribution in [0.25, 0.3) is 0 Å². The maximum atomic E-state index is 11.4. The van der Waals surface area contributed by atoms with E-state index < -0.39 is 9.84 Å². The summed E-state index contributed by atoms with van der Waals surface area (Å²) in [6.45, 7) is 4.48. The van der Waals surface area contributed by atoms with Gasteiger partial charge in [0.1, 0.15) is 5.82 Å². The predicted molar refractivity (Wildman–Crippen MR) is 61.8 cm³/mol. The van der Waals surface area contributed by atoms with E-state index in [1.165, 1.54) is 0 Å². The Balaban J connectivity index is 1.96. The Bertz CT molecular complexity index is 480. The highest BCUT2D eigenvalue weighted by Crippen LogP contribution is 2.23. The summed E-state index contributed by atoms with van der Waals surface area (Å²) in [5.41, 5.74) is 0.695. The molecule has 2 heterocycles. The van der Waals surface area contributed by atoms with Gasteiger partial charge in [-0.3, -0.25) is 0 Å². The fourth-order valence-electron chi connectivity index (χ4n) is 2.02. The van der Waals surface area contributed by atoms with E-state index in [1.807, 2.05) is 13.8 Å². The Morgan fingerprint density at radius 1 is 1.62 bits per heavy atom. The van der Waals surface area contributed by atoms with E-state index in [-0.39, 0.29) is 11.3 Å². The lowest BCUT2D eigenvalue weighted by atomic mass is 10.0. The lowest BCUT2D eigenvalue weighted by Gasteiger charge is -2.23. The van der Waals surface area contributed by atoms with Crippen LogP contribution in [-0.2, 0) is 16.4 Å². The van der Waals surface area contributed by atoms with E-state index in [0.717, 1.165) is 11.5 Å². The molecule has 1 aliphatic rings. The third-order valence-electron chi connectivity index (χ3n) is 2.96. The van der Waals surface area contributed by atoms with Crippen LogP contribution in [0.3, 0.4) is 0 Å². The predicted octanol–water partition coefficient (Wildman–Crippen LogP) is 0.385. The zero-order chi connectivity index (χ0) is 11.8. The standard InChI is InChI=1S/C10H17N3O2S/c1-8-11-5-9(13-8)6-12-10(2)3-4-16(14,15)7-10/h5,12H,3-4,6-7H2,1-2H3,(H,11,13). The van der Waals surface area contributed by atoms with E-state index in [0.29, 0.717) is 18.7 Å². The first-order chi connectivity index (χ1) is 7.39. The van der Waals surface area contributed by atoms with Gasteiger partial charge >= 0.3 is 0 Å². The van der Waals surface area contributed by atoms with E-state index in [9.17, 15) is 8.42 Å². The first kappa shape index (κ1) is 11.6. The topological polar surface area (TPSA) is 74.8 Å². The van der Waals surface area contributed by atoms with E-state index in [2.05, 4.69) is 15.3 Å². The maximum Gasteiger partial charge on any atom is 0.152 e. The quantitative estimate of drug-likeness (QED) is 0.805. The smallest absolute Gasteiger partial charge is 0.152 e. The van der Waals surface area contributed by atoms with Crippen LogP contribution in [0.15, 0.2) is 6.20 Å². The zero-order valence-corrected chi connectivity index (χ0v) is 10.4. The number of H-pyrrole nitrogens is 1. The highest BCUT2D eigenvalue weighted by atomic mass is 32.2. The summed E-state index contributed by atoms with van der Waals surface area (Å²) in [6, 6.07) is 0. The van der Waals surface area contributed by atoms with Gasteiger partial charge in [-0.2, -0.15) is 0 Å². The molecule has 1 aromatic heterocycles. The summed E-state index contributed by atoms with van der Waals surface area (Å²) in [7, 11) is -2.84. The molecule has 1 atom stereocenters. The average Bonchev–Trinajstić information content (AvgIpc) is 2.69. The number of rotatable bonds is 3. The number of aromatic amines is 1. The second-order valence-electron chi connectivity index (χ2n) is 4.75. The number of sulfone groups is 1. The molecule has 2 rings (SSSR count). The number of imidazole rings is 1. The van der Waals surface area contributed by atoms with Crippen LogP contribution in [0.4, 0.5) is 0 Å². The van der Waals surface area contributed by atoms with Crippen molar-refractivity contribution in [1.82, 2.24) is 15.3 Å². The highest BCUT2D eigenvalue weighted by Gasteiger charge is 2.37. The normalized spacial score (nSPS) is 28.4. The number of aryl methyl sites for hydroxylation is 1. The molecule has 2 N–H and O–H groups in total. The molecule has 1 aromatic rings. The number of hydrogen-bond acceptors (Lipinski definition) is 4. The Labute approximate surface area is 95.6 Å². The molecule has 0 radical (unpaired) electrons. The van der Waals surface area contributed by atoms with Crippen molar-refractivity contribution in [1.29, 1.82) is 0 Å². The minimum absolute atomic E-state index is 0.229. The highest BCUT2D eigenvalue weighted by molar-refractivity contribution is 7.91. The molecule has 1 fully saturated rings. The first-order valence-electron chi connectivity index (χ1n) is 5.35. The van der Waals surface area contributed by atoms with Crippen LogP contribution in [0.1, 0.15) is 24.9 Å². The van der Waals surface area contributed by atoms with Crippen molar-refractivity contribution in [2.24, 2.45) is 0 Å². The molecule has 1 saturated heterocycles. The Morgan fingerprint density at radius 2 is 2.38 bits per heavy atom. The number of aromatic nitrogens is 2. The van der Waals surface area contributed by atoms with Crippen LogP contribution < -0.4 is 5.32 Å². The van der Waals surface area contributed by atoms with Gasteiger partial charge in [-0.1, -0.05) is 0 Å². The van der Waals surface area contributed by atoms with Crippen molar-refractivity contribution in [3.63, 3.8) is 0 Å². The van der Waals surface area contributed by atoms with Gasteiger partial charge in [0, 0.05) is 24.0 Å². The van der Waals surface area contributed by atoms with E-state index >= 15 is 0 Å². The van der Waals surface area contributed by atoms with Crippen molar-refractivity contribution < 1.29 is 8.42 Å². The molecule has 1 unspecified atom stereocenters. The summed E-state index contributed by atoms with van der Waals surface area (Å²) in [6.07, 6.45) is 2.46. The summed E-state index contributed by atoms with van der Waals surface area (Å²) in [4.78, 5) is 7.21. The van der Waals surface area contributed by atoms with Crippen molar-refractivity contribution in [2.45, 2.75) is 32.4 Å². The molecule has 1 aliphatic heterocycles. The second-order valence-corrected chi connectivity index (χ2v) is 6.93. The van der Waals surface area contributed by atoms with Crippen LogP contribution in [0.5, 0.6) is 0 Å². The van der Waals surface area contributed by atoms with Crippen LogP contribution >= 0.6 is 0 Å². The van der Waals surface area contributed by atoms with E-state index in [4.69, 9.17) is 0 Å². The Morgan fingerprint density at radius 3 is 2.88 bits per heavy atom. The number of nitrogens with one attached hydrogen (secondary N) is 2. The number of hydrogen-bond donors (Lipinski definition) is 2. The Kier molecular flexibility index (Phi) is 2.79. The largest absolute Gasteiger partial charge is 0.345 e. The van der Waals surface area contributed by atoms with Gasteiger partial charge in [0.05, 0.1) is 11.5 Å². The molecule has 90 valence electrons. The lowest BCUT2D eigenvalue weighted by Crippen LogP contribution is -2.42. The number of nitrogens with zero attached hydrogens (tertiary/aromatic N) is 1. The Hall–Kier alpha value is -0.880. The van der Waals surface area contributed by atoms with Gasteiger partial charge in [-0.25, -0.2) is 13.4 Å². The molecule has 0 bridgehead atoms. The molecule has 0 amide bonds. The monoisotopic (exact) mass is 243 g/mol. The fraction of sp³-hybridized carbons (Fsp3) is 0.700. The second kappa shape index (κ2) is 3.85. The van der Waals surface area contributed by atoms with Gasteiger partial charge in [-0.05, 0) is 20.3 Å². The van der Waals surface area contributed by atoms with Gasteiger partial charge in [0.2, 0.25) is 0 Å². The molecule has 5 nitrogen and oxygen atoms in total. The van der Waals surface area contributed by atoms with Crippen LogP contribution in [-0.4, -0.2) is 35.4 Å². The summed E-state index contributed by atoms with van der Waals surface area (Å²) in [5, 5.41) is 3.29. The summed E-state index contributed by atoms with van der Waals surface area (Å²) < 4.78 is 22.8. The van der Waals surface area contributed by atoms with E-state index in [1.54, 1.807) is 6.20 Å². The van der Waals surface area contributed by atoms with Crippen molar-refractivity contribution in [3.05, 3.63) is 17.7 Å².